The number of likely N-dealkylation sites (tertiary alicyclic amines) is 1. The second kappa shape index (κ2) is 11.3. The number of hydrogen-bond donors (Lipinski definition) is 1. The van der Waals surface area contributed by atoms with Crippen LogP contribution in [0.25, 0.3) is 5.76 Å². The van der Waals surface area contributed by atoms with Crippen molar-refractivity contribution in [2.24, 2.45) is 0 Å². The van der Waals surface area contributed by atoms with Gasteiger partial charge in [0.15, 0.2) is 0 Å². The van der Waals surface area contributed by atoms with Crippen LogP contribution in [0, 0.1) is 10.5 Å². The number of carbonyl (C=O) groups excluding carboxylic acids is 2. The first-order valence-electron chi connectivity index (χ1n) is 11.7. The Balaban J connectivity index is 1.64. The average molecular weight is 596 g/mol. The number of halogens is 1. The van der Waals surface area contributed by atoms with Crippen molar-refractivity contribution in [2.75, 3.05) is 27.2 Å². The Bertz CT molecular complexity index is 1280. The number of likely N-dealkylation sites (N-methyl/N-ethyl adjacent to an activating group) is 1. The number of amides is 1. The molecule has 0 aliphatic carbocycles. The van der Waals surface area contributed by atoms with E-state index >= 15 is 0 Å². The van der Waals surface area contributed by atoms with Crippen molar-refractivity contribution in [1.82, 2.24) is 9.80 Å². The molecule has 1 atom stereocenters. The molecule has 0 spiro atoms. The summed E-state index contributed by atoms with van der Waals surface area (Å²) >= 11 is 2.21. The van der Waals surface area contributed by atoms with E-state index in [1.807, 2.05) is 74.4 Å². The number of Topliss-reactive ketones (excluding diaryl/α,β-unsaturated/α-hetero) is 1. The van der Waals surface area contributed by atoms with Gasteiger partial charge in [-0.15, -0.1) is 0 Å². The lowest BCUT2D eigenvalue weighted by molar-refractivity contribution is -0.140. The van der Waals surface area contributed by atoms with Crippen LogP contribution in [0.4, 0.5) is 0 Å². The van der Waals surface area contributed by atoms with E-state index in [2.05, 4.69) is 22.6 Å². The maximum absolute atomic E-state index is 13.1. The van der Waals surface area contributed by atoms with Crippen LogP contribution in [-0.2, 0) is 16.2 Å². The molecule has 1 saturated heterocycles. The maximum atomic E-state index is 13.1. The minimum Gasteiger partial charge on any atom is -0.507 e. The molecule has 4 rings (SSSR count). The van der Waals surface area contributed by atoms with E-state index in [4.69, 9.17) is 4.74 Å². The van der Waals surface area contributed by atoms with E-state index in [9.17, 15) is 14.7 Å². The number of aryl methyl sites for hydroxylation is 1. The molecule has 3 aromatic carbocycles. The molecule has 1 amide bonds. The van der Waals surface area contributed by atoms with Crippen molar-refractivity contribution in [2.45, 2.75) is 19.6 Å². The lowest BCUT2D eigenvalue weighted by atomic mass is 9.95. The van der Waals surface area contributed by atoms with E-state index in [-0.39, 0.29) is 11.3 Å². The first-order valence-corrected chi connectivity index (χ1v) is 12.8. The van der Waals surface area contributed by atoms with E-state index in [1.165, 1.54) is 0 Å². The third-order valence-electron chi connectivity index (χ3n) is 6.30. The molecule has 1 unspecified atom stereocenters. The number of benzene rings is 3. The van der Waals surface area contributed by atoms with Gasteiger partial charge in [-0.2, -0.15) is 0 Å². The van der Waals surface area contributed by atoms with Gasteiger partial charge < -0.3 is 19.6 Å². The molecule has 36 heavy (non-hydrogen) atoms. The SMILES string of the molecule is Cc1ccccc1COc1ccc(/C(O)=C2\C(=O)C(=O)N(CCN(C)C)C2c2ccc(I)cc2)cc1. The van der Waals surface area contributed by atoms with Crippen LogP contribution in [0.15, 0.2) is 78.4 Å². The molecule has 1 N–H and O–H groups in total. The van der Waals surface area contributed by atoms with Gasteiger partial charge in [0.2, 0.25) is 0 Å². The Hall–Kier alpha value is -3.17. The van der Waals surface area contributed by atoms with Crippen LogP contribution in [0.5, 0.6) is 5.75 Å². The zero-order valence-corrected chi connectivity index (χ0v) is 22.7. The van der Waals surface area contributed by atoms with Crippen molar-refractivity contribution in [3.05, 3.63) is 104 Å². The predicted molar refractivity (Wildman–Crippen MR) is 149 cm³/mol. The summed E-state index contributed by atoms with van der Waals surface area (Å²) in [5.74, 6) is -0.806. The normalized spacial score (nSPS) is 17.1. The summed E-state index contributed by atoms with van der Waals surface area (Å²) in [7, 11) is 3.83. The van der Waals surface area contributed by atoms with Crippen LogP contribution in [0.2, 0.25) is 0 Å². The summed E-state index contributed by atoms with van der Waals surface area (Å²) < 4.78 is 6.96. The van der Waals surface area contributed by atoms with E-state index < -0.39 is 17.7 Å². The highest BCUT2D eigenvalue weighted by molar-refractivity contribution is 14.1. The van der Waals surface area contributed by atoms with E-state index in [1.54, 1.807) is 29.2 Å². The molecular formula is C29H29IN2O4. The summed E-state index contributed by atoms with van der Waals surface area (Å²) in [6.45, 7) is 3.44. The highest BCUT2D eigenvalue weighted by atomic mass is 127. The number of hydrogen-bond acceptors (Lipinski definition) is 5. The highest BCUT2D eigenvalue weighted by Crippen LogP contribution is 2.39. The van der Waals surface area contributed by atoms with E-state index in [0.717, 1.165) is 20.3 Å². The molecule has 6 nitrogen and oxygen atoms in total. The molecule has 0 bridgehead atoms. The van der Waals surface area contributed by atoms with Gasteiger partial charge in [0.05, 0.1) is 11.6 Å². The number of ketones is 1. The number of aliphatic hydroxyl groups excluding tert-OH is 1. The van der Waals surface area contributed by atoms with Gasteiger partial charge >= 0.3 is 0 Å². The molecular weight excluding hydrogens is 567 g/mol. The predicted octanol–water partition coefficient (Wildman–Crippen LogP) is 5.16. The van der Waals surface area contributed by atoms with Crippen LogP contribution in [0.1, 0.15) is 28.3 Å². The van der Waals surface area contributed by atoms with Crippen LogP contribution in [-0.4, -0.2) is 53.8 Å². The van der Waals surface area contributed by atoms with Gasteiger partial charge in [0.1, 0.15) is 18.1 Å². The topological polar surface area (TPSA) is 70.1 Å². The molecule has 1 aliphatic heterocycles. The highest BCUT2D eigenvalue weighted by Gasteiger charge is 2.45. The van der Waals surface area contributed by atoms with Gasteiger partial charge in [-0.1, -0.05) is 36.4 Å². The quantitative estimate of drug-likeness (QED) is 0.169. The molecule has 7 heteroatoms. The zero-order valence-electron chi connectivity index (χ0n) is 20.6. The lowest BCUT2D eigenvalue weighted by Gasteiger charge is -2.26. The van der Waals surface area contributed by atoms with Crippen LogP contribution in [0.3, 0.4) is 0 Å². The molecule has 3 aromatic rings. The Labute approximate surface area is 225 Å². The minimum absolute atomic E-state index is 0.105. The van der Waals surface area contributed by atoms with Gasteiger partial charge in [0.25, 0.3) is 11.7 Å². The summed E-state index contributed by atoms with van der Waals surface area (Å²) in [5.41, 5.74) is 3.60. The first kappa shape index (κ1) is 25.9. The number of carbonyl (C=O) groups is 2. The monoisotopic (exact) mass is 596 g/mol. The second-order valence-electron chi connectivity index (χ2n) is 9.09. The zero-order chi connectivity index (χ0) is 25.8. The van der Waals surface area contributed by atoms with Gasteiger partial charge in [0, 0.05) is 22.2 Å². The van der Waals surface area contributed by atoms with Crippen molar-refractivity contribution in [3.63, 3.8) is 0 Å². The smallest absolute Gasteiger partial charge is 0.295 e. The number of ether oxygens (including phenoxy) is 1. The van der Waals surface area contributed by atoms with Gasteiger partial charge in [-0.05, 0) is 96.7 Å². The lowest BCUT2D eigenvalue weighted by Crippen LogP contribution is -2.35. The summed E-state index contributed by atoms with van der Waals surface area (Å²) in [6, 6.07) is 22.0. The van der Waals surface area contributed by atoms with Gasteiger partial charge in [-0.3, -0.25) is 9.59 Å². The van der Waals surface area contributed by atoms with Gasteiger partial charge in [-0.25, -0.2) is 0 Å². The van der Waals surface area contributed by atoms with Crippen molar-refractivity contribution in [1.29, 1.82) is 0 Å². The van der Waals surface area contributed by atoms with Crippen molar-refractivity contribution >= 4 is 40.0 Å². The number of aliphatic hydroxyl groups is 1. The molecule has 0 aromatic heterocycles. The van der Waals surface area contributed by atoms with Crippen molar-refractivity contribution < 1.29 is 19.4 Å². The fraction of sp³-hybridized carbons (Fsp3) is 0.241. The molecule has 1 fully saturated rings. The molecule has 186 valence electrons. The Morgan fingerprint density at radius 2 is 1.67 bits per heavy atom. The Kier molecular flexibility index (Phi) is 8.11. The van der Waals surface area contributed by atoms with E-state index in [0.29, 0.717) is 31.0 Å². The van der Waals surface area contributed by atoms with Crippen LogP contribution >= 0.6 is 22.6 Å². The third kappa shape index (κ3) is 5.63. The summed E-state index contributed by atoms with van der Waals surface area (Å²) in [5, 5.41) is 11.3. The summed E-state index contributed by atoms with van der Waals surface area (Å²) in [4.78, 5) is 29.7. The number of nitrogens with zero attached hydrogens (tertiary/aromatic N) is 2. The first-order chi connectivity index (χ1) is 17.3. The molecule has 0 radical (unpaired) electrons. The Morgan fingerprint density at radius 1 is 1.00 bits per heavy atom. The standard InChI is InChI=1S/C29H29IN2O4/c1-19-6-4-5-7-22(19)18-36-24-14-10-21(11-15-24)27(33)25-26(20-8-12-23(30)13-9-20)32(17-16-31(2)3)29(35)28(25)34/h4-15,26,33H,16-18H2,1-3H3/b27-25+. The third-order valence-corrected chi connectivity index (χ3v) is 7.02. The molecule has 1 aliphatic rings. The second-order valence-corrected chi connectivity index (χ2v) is 10.3. The minimum atomic E-state index is -0.672. The Morgan fingerprint density at radius 3 is 2.31 bits per heavy atom. The molecule has 0 saturated carbocycles. The number of rotatable bonds is 8. The maximum Gasteiger partial charge on any atom is 0.295 e. The summed E-state index contributed by atoms with van der Waals surface area (Å²) in [6.07, 6.45) is 0. The fourth-order valence-corrected chi connectivity index (χ4v) is 4.57. The fourth-order valence-electron chi connectivity index (χ4n) is 4.21. The van der Waals surface area contributed by atoms with Crippen LogP contribution < -0.4 is 4.74 Å². The average Bonchev–Trinajstić information content (AvgIpc) is 3.12. The van der Waals surface area contributed by atoms with Crippen molar-refractivity contribution in [3.8, 4) is 5.75 Å². The molecule has 1 heterocycles. The largest absolute Gasteiger partial charge is 0.507 e.